The molecule has 0 spiro atoms. The Hall–Kier alpha value is -1.32. The minimum absolute atomic E-state index is 0.0224. The average molecular weight is 491 g/mol. The van der Waals surface area contributed by atoms with Crippen LogP contribution in [-0.4, -0.2) is 4.89 Å². The third-order valence-electron chi connectivity index (χ3n) is 6.27. The Morgan fingerprint density at radius 1 is 0.647 bits per heavy atom. The number of hydrogen-bond acceptors (Lipinski definition) is 3. The van der Waals surface area contributed by atoms with E-state index in [9.17, 15) is 9.42 Å². The molecule has 0 aliphatic rings. The molecule has 5 heteroatoms. The van der Waals surface area contributed by atoms with E-state index in [1.165, 1.54) is 11.1 Å². The summed E-state index contributed by atoms with van der Waals surface area (Å²) < 4.78 is 22.7. The Morgan fingerprint density at radius 2 is 1.00 bits per heavy atom. The first-order valence-electron chi connectivity index (χ1n) is 12.0. The van der Waals surface area contributed by atoms with Crippen LogP contribution < -0.4 is 0 Å². The van der Waals surface area contributed by atoms with Gasteiger partial charge in [0.15, 0.2) is 0 Å². The summed E-state index contributed by atoms with van der Waals surface area (Å²) in [5.74, 6) is 0. The maximum atomic E-state index is 13.0. The summed E-state index contributed by atoms with van der Waals surface area (Å²) >= 11 is 0. The molecule has 0 aromatic heterocycles. The number of benzene rings is 2. The average Bonchev–Trinajstić information content (AvgIpc) is 2.68. The van der Waals surface area contributed by atoms with Crippen LogP contribution in [0.4, 0.5) is 4.53 Å². The van der Waals surface area contributed by atoms with E-state index in [1.54, 1.807) is 0 Å². The van der Waals surface area contributed by atoms with Crippen LogP contribution in [-0.2, 0) is 30.9 Å². The number of rotatable bonds is 5. The molecule has 0 radical (unpaired) electrons. The van der Waals surface area contributed by atoms with Gasteiger partial charge in [-0.2, -0.15) is 0 Å². The van der Waals surface area contributed by atoms with Crippen LogP contribution >= 0.6 is 8.60 Å². The van der Waals surface area contributed by atoms with Gasteiger partial charge in [0, 0.05) is 0 Å². The zero-order chi connectivity index (χ0) is 26.3. The van der Waals surface area contributed by atoms with Crippen molar-refractivity contribution >= 4 is 8.60 Å². The lowest BCUT2D eigenvalue weighted by atomic mass is 9.74. The Labute approximate surface area is 208 Å². The van der Waals surface area contributed by atoms with E-state index >= 15 is 0 Å². The molecule has 0 amide bonds. The standard InChI is InChI=1S/C29H44FO3P/c1-26(2,3)19-13-15-21(23(17-19)28(7,8)9)25(32-34(31)33-30)22-16-14-20(27(4,5)6)18-24(22)29(10,11)12/h13-18,25,31H,1-12H3. The van der Waals surface area contributed by atoms with Crippen LogP contribution in [0.2, 0.25) is 0 Å². The molecule has 0 fully saturated rings. The summed E-state index contributed by atoms with van der Waals surface area (Å²) in [6, 6.07) is 12.8. The summed E-state index contributed by atoms with van der Waals surface area (Å²) in [6.07, 6.45) is -0.682. The molecule has 3 nitrogen and oxygen atoms in total. The first kappa shape index (κ1) is 28.9. The molecule has 34 heavy (non-hydrogen) atoms. The molecule has 190 valence electrons. The Bertz CT molecular complexity index is 913. The number of halogens is 1. The molecule has 0 saturated carbocycles. The molecule has 0 aliphatic carbocycles. The second kappa shape index (κ2) is 9.97. The molecule has 0 aliphatic heterocycles. The van der Waals surface area contributed by atoms with Gasteiger partial charge in [0.1, 0.15) is 6.10 Å². The zero-order valence-corrected chi connectivity index (χ0v) is 24.0. The molecule has 1 N–H and O–H groups in total. The topological polar surface area (TPSA) is 38.7 Å². The highest BCUT2D eigenvalue weighted by Gasteiger charge is 2.33. The molecular weight excluding hydrogens is 446 g/mol. The predicted molar refractivity (Wildman–Crippen MR) is 142 cm³/mol. The minimum Gasteiger partial charge on any atom is -0.326 e. The van der Waals surface area contributed by atoms with E-state index in [1.807, 2.05) is 0 Å². The summed E-state index contributed by atoms with van der Waals surface area (Å²) in [4.78, 5) is 10.2. The van der Waals surface area contributed by atoms with E-state index in [-0.39, 0.29) is 21.7 Å². The lowest BCUT2D eigenvalue weighted by Gasteiger charge is -2.34. The van der Waals surface area contributed by atoms with Crippen LogP contribution in [0.5, 0.6) is 0 Å². The maximum Gasteiger partial charge on any atom is 0.367 e. The third-order valence-corrected chi connectivity index (χ3v) is 6.78. The minimum atomic E-state index is -2.69. The van der Waals surface area contributed by atoms with E-state index in [0.717, 1.165) is 22.3 Å². The fourth-order valence-corrected chi connectivity index (χ4v) is 4.63. The fraction of sp³-hybridized carbons (Fsp3) is 0.586. The van der Waals surface area contributed by atoms with Gasteiger partial charge in [-0.25, -0.2) is 0 Å². The van der Waals surface area contributed by atoms with Crippen molar-refractivity contribution in [2.75, 3.05) is 0 Å². The molecule has 0 saturated heterocycles. The molecule has 2 aromatic carbocycles. The van der Waals surface area contributed by atoms with Gasteiger partial charge in [0.05, 0.1) is 0 Å². The smallest absolute Gasteiger partial charge is 0.326 e. The molecule has 1 unspecified atom stereocenters. The fourth-order valence-electron chi connectivity index (χ4n) is 4.19. The first-order valence-corrected chi connectivity index (χ1v) is 13.1. The molecule has 0 heterocycles. The van der Waals surface area contributed by atoms with Crippen molar-refractivity contribution < 1.29 is 18.7 Å². The van der Waals surface area contributed by atoms with Gasteiger partial charge in [-0.05, 0) is 59.6 Å². The second-order valence-electron chi connectivity index (χ2n) is 13.4. The first-order chi connectivity index (χ1) is 15.3. The molecule has 1 atom stereocenters. The van der Waals surface area contributed by atoms with Crippen LogP contribution in [0.1, 0.15) is 123 Å². The lowest BCUT2D eigenvalue weighted by Crippen LogP contribution is -2.23. The van der Waals surface area contributed by atoms with Gasteiger partial charge < -0.3 is 4.89 Å². The summed E-state index contributed by atoms with van der Waals surface area (Å²) in [6.45, 7) is 26.1. The summed E-state index contributed by atoms with van der Waals surface area (Å²) in [5, 5.41) is 0. The van der Waals surface area contributed by atoms with E-state index in [0.29, 0.717) is 0 Å². The van der Waals surface area contributed by atoms with Crippen molar-refractivity contribution in [1.82, 2.24) is 0 Å². The van der Waals surface area contributed by atoms with E-state index < -0.39 is 14.7 Å². The van der Waals surface area contributed by atoms with Crippen LogP contribution in [0.15, 0.2) is 36.4 Å². The van der Waals surface area contributed by atoms with Gasteiger partial charge >= 0.3 is 8.60 Å². The molecular formula is C29H44FO3P. The van der Waals surface area contributed by atoms with Gasteiger partial charge in [-0.15, -0.1) is 4.73 Å². The van der Waals surface area contributed by atoms with Crippen molar-refractivity contribution in [2.45, 2.75) is 111 Å². The highest BCUT2D eigenvalue weighted by molar-refractivity contribution is 7.40. The van der Waals surface area contributed by atoms with Crippen molar-refractivity contribution in [2.24, 2.45) is 0 Å². The van der Waals surface area contributed by atoms with E-state index in [4.69, 9.17) is 4.52 Å². The SMILES string of the molecule is CC(C)(C)c1ccc(C(OP(O)OF)c2ccc(C(C)(C)C)cc2C(C)(C)C)c(C(C)(C)C)c1. The van der Waals surface area contributed by atoms with Gasteiger partial charge in [0.2, 0.25) is 0 Å². The normalized spacial score (nSPS) is 14.6. The van der Waals surface area contributed by atoms with E-state index in [2.05, 4.69) is 124 Å². The lowest BCUT2D eigenvalue weighted by molar-refractivity contribution is -0.0325. The molecule has 2 rings (SSSR count). The maximum absolute atomic E-state index is 13.0. The highest BCUT2D eigenvalue weighted by atomic mass is 31.2. The Morgan fingerprint density at radius 3 is 1.26 bits per heavy atom. The van der Waals surface area contributed by atoms with Crippen LogP contribution in [0, 0.1) is 0 Å². The summed E-state index contributed by atoms with van der Waals surface area (Å²) in [7, 11) is -2.69. The van der Waals surface area contributed by atoms with Gasteiger partial charge in [-0.1, -0.05) is 119 Å². The Kier molecular flexibility index (Phi) is 8.48. The number of hydrogen-bond donors (Lipinski definition) is 1. The highest BCUT2D eigenvalue weighted by Crippen LogP contribution is 2.48. The zero-order valence-electron chi connectivity index (χ0n) is 23.1. The monoisotopic (exact) mass is 490 g/mol. The molecule has 0 bridgehead atoms. The summed E-state index contributed by atoms with van der Waals surface area (Å²) in [5.41, 5.74) is 6.02. The molecule has 2 aromatic rings. The van der Waals surface area contributed by atoms with Crippen molar-refractivity contribution in [1.29, 1.82) is 0 Å². The van der Waals surface area contributed by atoms with Gasteiger partial charge in [-0.3, -0.25) is 4.52 Å². The Balaban J connectivity index is 2.88. The second-order valence-corrected chi connectivity index (χ2v) is 14.2. The van der Waals surface area contributed by atoms with Crippen molar-refractivity contribution in [3.8, 4) is 0 Å². The predicted octanol–water partition coefficient (Wildman–Crippen LogP) is 9.10. The third kappa shape index (κ3) is 6.88. The van der Waals surface area contributed by atoms with Crippen LogP contribution in [0.3, 0.4) is 0 Å². The van der Waals surface area contributed by atoms with Crippen molar-refractivity contribution in [3.63, 3.8) is 0 Å². The van der Waals surface area contributed by atoms with Crippen molar-refractivity contribution in [3.05, 3.63) is 69.8 Å². The quantitative estimate of drug-likeness (QED) is 0.425. The van der Waals surface area contributed by atoms with Crippen LogP contribution in [0.25, 0.3) is 0 Å². The van der Waals surface area contributed by atoms with Gasteiger partial charge in [0.25, 0.3) is 0 Å². The largest absolute Gasteiger partial charge is 0.367 e.